The molecule has 0 saturated carbocycles. The van der Waals surface area contributed by atoms with Crippen LogP contribution in [0.25, 0.3) is 0 Å². The number of rotatable bonds is 10. The van der Waals surface area contributed by atoms with Gasteiger partial charge in [-0.25, -0.2) is 0 Å². The predicted molar refractivity (Wildman–Crippen MR) is 122 cm³/mol. The molecule has 0 aliphatic rings. The van der Waals surface area contributed by atoms with Gasteiger partial charge in [0.25, 0.3) is 0 Å². The van der Waals surface area contributed by atoms with E-state index in [1.165, 1.54) is 6.07 Å². The highest BCUT2D eigenvalue weighted by atomic mass is 31.2. The standard InChI is InChI=1S/C21H31NO8P2/c1-3-18(14-5-8-17(23)9-6-14)19(4-2)15-7-10-20(24)16(13-15)11-12-21(22,31(25,26)27)32(28,29)30/h5-10,13,18-19,23-24H,3-4,11-12,22H2,1-2H3,(H2,25,26,27)(H2,28,29,30). The molecule has 0 saturated heterocycles. The zero-order valence-corrected chi connectivity index (χ0v) is 19.8. The maximum atomic E-state index is 11.7. The Bertz CT molecular complexity index is 993. The van der Waals surface area contributed by atoms with Gasteiger partial charge in [0.1, 0.15) is 11.5 Å². The zero-order chi connectivity index (χ0) is 24.3. The van der Waals surface area contributed by atoms with Gasteiger partial charge in [-0.05, 0) is 72.4 Å². The molecule has 9 nitrogen and oxygen atoms in total. The molecule has 2 unspecified atom stereocenters. The van der Waals surface area contributed by atoms with Crippen molar-refractivity contribution in [3.63, 3.8) is 0 Å². The van der Waals surface area contributed by atoms with Crippen LogP contribution >= 0.6 is 15.2 Å². The first-order valence-corrected chi connectivity index (χ1v) is 13.5. The van der Waals surface area contributed by atoms with E-state index >= 15 is 0 Å². The molecule has 0 spiro atoms. The molecule has 0 aliphatic carbocycles. The highest BCUT2D eigenvalue weighted by molar-refractivity contribution is 7.72. The van der Waals surface area contributed by atoms with Crippen LogP contribution < -0.4 is 5.73 Å². The number of nitrogens with two attached hydrogens (primary N) is 1. The smallest absolute Gasteiger partial charge is 0.357 e. The van der Waals surface area contributed by atoms with Gasteiger partial charge < -0.3 is 35.5 Å². The van der Waals surface area contributed by atoms with Gasteiger partial charge in [-0.1, -0.05) is 38.1 Å². The Kier molecular flexibility index (Phi) is 8.35. The van der Waals surface area contributed by atoms with Crippen LogP contribution in [0.1, 0.15) is 61.6 Å². The first kappa shape index (κ1) is 26.6. The molecule has 2 rings (SSSR count). The second kappa shape index (κ2) is 10.1. The average molecular weight is 487 g/mol. The summed E-state index contributed by atoms with van der Waals surface area (Å²) < 4.78 is 23.5. The summed E-state index contributed by atoms with van der Waals surface area (Å²) in [6.45, 7) is 4.07. The van der Waals surface area contributed by atoms with E-state index in [2.05, 4.69) is 0 Å². The SMILES string of the molecule is CCC(c1ccc(O)cc1)C(CC)c1ccc(O)c(CCC(N)(P(=O)(O)O)P(=O)(O)O)c1. The molecule has 2 aromatic carbocycles. The van der Waals surface area contributed by atoms with Crippen molar-refractivity contribution in [2.24, 2.45) is 5.73 Å². The average Bonchev–Trinajstić information content (AvgIpc) is 2.70. The lowest BCUT2D eigenvalue weighted by Crippen LogP contribution is -2.39. The Balaban J connectivity index is 2.39. The van der Waals surface area contributed by atoms with Crippen molar-refractivity contribution in [2.75, 3.05) is 0 Å². The number of hydrogen-bond acceptors (Lipinski definition) is 5. The maximum absolute atomic E-state index is 11.7. The lowest BCUT2D eigenvalue weighted by atomic mass is 9.78. The van der Waals surface area contributed by atoms with E-state index in [4.69, 9.17) is 5.73 Å². The summed E-state index contributed by atoms with van der Waals surface area (Å²) in [5, 5.41) is 16.8. The molecule has 32 heavy (non-hydrogen) atoms. The Morgan fingerprint density at radius 1 is 0.844 bits per heavy atom. The summed E-state index contributed by atoms with van der Waals surface area (Å²) in [6.07, 6.45) is 0.612. The summed E-state index contributed by atoms with van der Waals surface area (Å²) >= 11 is 0. The van der Waals surface area contributed by atoms with E-state index in [-0.39, 0.29) is 29.8 Å². The monoisotopic (exact) mass is 487 g/mol. The number of aryl methyl sites for hydroxylation is 1. The number of phenols is 2. The van der Waals surface area contributed by atoms with E-state index in [1.54, 1.807) is 24.3 Å². The molecule has 11 heteroatoms. The van der Waals surface area contributed by atoms with Crippen LogP contribution in [0.15, 0.2) is 42.5 Å². The lowest BCUT2D eigenvalue weighted by molar-refractivity contribution is 0.302. The minimum absolute atomic E-state index is 0.0371. The van der Waals surface area contributed by atoms with E-state index in [0.29, 0.717) is 5.56 Å². The molecule has 0 aromatic heterocycles. The van der Waals surface area contributed by atoms with E-state index < -0.39 is 26.6 Å². The minimum Gasteiger partial charge on any atom is -0.508 e. The Morgan fingerprint density at radius 2 is 1.31 bits per heavy atom. The van der Waals surface area contributed by atoms with Crippen LogP contribution in [-0.2, 0) is 15.6 Å². The van der Waals surface area contributed by atoms with Crippen LogP contribution in [0, 0.1) is 0 Å². The Labute approximate surface area is 187 Å². The van der Waals surface area contributed by atoms with Crippen LogP contribution in [0.3, 0.4) is 0 Å². The zero-order valence-electron chi connectivity index (χ0n) is 18.0. The molecule has 2 aromatic rings. The van der Waals surface area contributed by atoms with Gasteiger partial charge in [0, 0.05) is 0 Å². The Hall–Kier alpha value is -1.70. The van der Waals surface area contributed by atoms with Gasteiger partial charge in [0.15, 0.2) is 0 Å². The van der Waals surface area contributed by atoms with E-state index in [9.17, 15) is 38.9 Å². The van der Waals surface area contributed by atoms with Gasteiger partial charge in [0.05, 0.1) is 0 Å². The van der Waals surface area contributed by atoms with Gasteiger partial charge in [0.2, 0.25) is 5.02 Å². The molecule has 0 bridgehead atoms. The second-order valence-electron chi connectivity index (χ2n) is 7.98. The van der Waals surface area contributed by atoms with E-state index in [0.717, 1.165) is 24.0 Å². The molecule has 178 valence electrons. The summed E-state index contributed by atoms with van der Waals surface area (Å²) in [5.74, 6) is 0.163. The third-order valence-corrected chi connectivity index (χ3v) is 10.0. The van der Waals surface area contributed by atoms with Crippen molar-refractivity contribution in [1.29, 1.82) is 0 Å². The van der Waals surface area contributed by atoms with Crippen LogP contribution in [0.5, 0.6) is 11.5 Å². The summed E-state index contributed by atoms with van der Waals surface area (Å²) in [7, 11) is -10.7. The highest BCUT2D eigenvalue weighted by Gasteiger charge is 2.56. The molecular weight excluding hydrogens is 456 g/mol. The van der Waals surface area contributed by atoms with Crippen molar-refractivity contribution in [2.45, 2.75) is 56.4 Å². The molecule has 0 fully saturated rings. The third kappa shape index (κ3) is 5.61. The Morgan fingerprint density at radius 3 is 1.78 bits per heavy atom. The quantitative estimate of drug-likeness (QED) is 0.246. The third-order valence-electron chi connectivity index (χ3n) is 5.99. The fraction of sp³-hybridized carbons (Fsp3) is 0.429. The maximum Gasteiger partial charge on any atom is 0.357 e. The molecule has 0 aliphatic heterocycles. The molecule has 2 atom stereocenters. The van der Waals surface area contributed by atoms with Gasteiger partial charge >= 0.3 is 15.2 Å². The largest absolute Gasteiger partial charge is 0.508 e. The van der Waals surface area contributed by atoms with Gasteiger partial charge in [-0.2, -0.15) is 0 Å². The fourth-order valence-corrected chi connectivity index (χ4v) is 6.21. The number of benzene rings is 2. The summed E-state index contributed by atoms with van der Waals surface area (Å²) in [6, 6.07) is 11.9. The summed E-state index contributed by atoms with van der Waals surface area (Å²) in [5.41, 5.74) is 7.70. The topological polar surface area (TPSA) is 182 Å². The van der Waals surface area contributed by atoms with Crippen molar-refractivity contribution in [1.82, 2.24) is 0 Å². The van der Waals surface area contributed by atoms with Crippen molar-refractivity contribution in [3.05, 3.63) is 59.2 Å². The number of aromatic hydroxyl groups is 2. The summed E-state index contributed by atoms with van der Waals surface area (Å²) in [4.78, 5) is 37.9. The van der Waals surface area contributed by atoms with Crippen molar-refractivity contribution >= 4 is 15.2 Å². The van der Waals surface area contributed by atoms with Gasteiger partial charge in [-0.3, -0.25) is 9.13 Å². The van der Waals surface area contributed by atoms with Crippen LogP contribution in [-0.4, -0.2) is 34.8 Å². The van der Waals surface area contributed by atoms with Crippen LogP contribution in [0.4, 0.5) is 0 Å². The molecule has 8 N–H and O–H groups in total. The first-order chi connectivity index (χ1) is 14.7. The first-order valence-electron chi connectivity index (χ1n) is 10.3. The molecule has 0 radical (unpaired) electrons. The fourth-order valence-electron chi connectivity index (χ4n) is 4.04. The van der Waals surface area contributed by atoms with Crippen LogP contribution in [0.2, 0.25) is 0 Å². The normalized spacial score (nSPS) is 14.8. The number of hydrogen-bond donors (Lipinski definition) is 7. The molecular formula is C21H31NO8P2. The lowest BCUT2D eigenvalue weighted by Gasteiger charge is -2.31. The molecule has 0 heterocycles. The predicted octanol–water partition coefficient (Wildman–Crippen LogP) is 3.69. The van der Waals surface area contributed by atoms with Crippen molar-refractivity contribution < 1.29 is 38.9 Å². The molecule has 0 amide bonds. The van der Waals surface area contributed by atoms with Gasteiger partial charge in [-0.15, -0.1) is 0 Å². The minimum atomic E-state index is -5.35. The second-order valence-corrected chi connectivity index (χ2v) is 12.1. The highest BCUT2D eigenvalue weighted by Crippen LogP contribution is 2.67. The number of phenolic OH excluding ortho intramolecular Hbond substituents is 2. The van der Waals surface area contributed by atoms with E-state index in [1.807, 2.05) is 26.0 Å². The van der Waals surface area contributed by atoms with Crippen molar-refractivity contribution in [3.8, 4) is 11.5 Å².